The van der Waals surface area contributed by atoms with Crippen LogP contribution in [0, 0.1) is 5.41 Å². The van der Waals surface area contributed by atoms with Gasteiger partial charge in [0.2, 0.25) is 10.0 Å². The molecule has 2 bridgehead atoms. The first-order valence-corrected chi connectivity index (χ1v) is 19.0. The van der Waals surface area contributed by atoms with E-state index in [1.54, 1.807) is 7.11 Å². The van der Waals surface area contributed by atoms with E-state index in [1.165, 1.54) is 16.1 Å². The number of sulfonamides is 1. The Morgan fingerprint density at radius 3 is 2.46 bits per heavy atom. The van der Waals surface area contributed by atoms with Gasteiger partial charge in [0.25, 0.3) is 0 Å². The summed E-state index contributed by atoms with van der Waals surface area (Å²) in [4.78, 5) is 14.8. The van der Waals surface area contributed by atoms with E-state index in [1.807, 2.05) is 72.8 Å². The average Bonchev–Trinajstić information content (AvgIpc) is 3.32. The van der Waals surface area contributed by atoms with Crippen molar-refractivity contribution >= 4 is 15.8 Å². The Kier molecular flexibility index (Phi) is 11.4. The molecule has 1 fully saturated rings. The van der Waals surface area contributed by atoms with Crippen molar-refractivity contribution in [1.29, 1.82) is 0 Å². The highest BCUT2D eigenvalue weighted by Crippen LogP contribution is 2.59. The van der Waals surface area contributed by atoms with Crippen LogP contribution in [0.5, 0.6) is 0 Å². The molecule has 8 heteroatoms. The summed E-state index contributed by atoms with van der Waals surface area (Å²) >= 11 is 0. The van der Waals surface area contributed by atoms with Gasteiger partial charge in [0.05, 0.1) is 18.0 Å². The molecule has 3 aromatic rings. The molecular formula is C40H51NO6S. The van der Waals surface area contributed by atoms with Crippen LogP contribution in [-0.2, 0) is 21.2 Å². The van der Waals surface area contributed by atoms with Crippen molar-refractivity contribution in [2.24, 2.45) is 5.41 Å². The maximum Gasteiger partial charge on any atom is 0.211 e. The monoisotopic (exact) mass is 673 g/mol. The number of ketones is 1. The smallest absolute Gasteiger partial charge is 0.211 e. The third kappa shape index (κ3) is 7.84. The fraction of sp³-hybridized carbons (Fsp3) is 0.475. The first-order chi connectivity index (χ1) is 22.9. The molecule has 3 aliphatic rings. The van der Waals surface area contributed by atoms with E-state index < -0.39 is 27.1 Å². The summed E-state index contributed by atoms with van der Waals surface area (Å²) in [7, 11) is -2.02. The van der Waals surface area contributed by atoms with Crippen LogP contribution < -0.4 is 0 Å². The number of methoxy groups -OCH3 is 1. The van der Waals surface area contributed by atoms with Gasteiger partial charge in [-0.05, 0) is 92.5 Å². The Balaban J connectivity index is 1.64. The Hall–Kier alpha value is -3.14. The second-order valence-corrected chi connectivity index (χ2v) is 16.1. The minimum Gasteiger partial charge on any atom is -0.393 e. The first kappa shape index (κ1) is 36.1. The van der Waals surface area contributed by atoms with E-state index in [4.69, 9.17) is 4.74 Å². The fourth-order valence-corrected chi connectivity index (χ4v) is 8.84. The number of aliphatic hydroxyl groups is 2. The van der Waals surface area contributed by atoms with Gasteiger partial charge in [0.1, 0.15) is 0 Å². The minimum absolute atomic E-state index is 0.0182. The molecule has 3 aliphatic carbocycles. The van der Waals surface area contributed by atoms with Crippen molar-refractivity contribution in [2.75, 3.05) is 33.1 Å². The molecule has 6 rings (SSSR count). The zero-order valence-electron chi connectivity index (χ0n) is 28.8. The molecule has 0 radical (unpaired) electrons. The Morgan fingerprint density at radius 1 is 1.00 bits per heavy atom. The van der Waals surface area contributed by atoms with Crippen molar-refractivity contribution in [2.45, 2.75) is 82.8 Å². The summed E-state index contributed by atoms with van der Waals surface area (Å²) < 4.78 is 32.6. The molecular weight excluding hydrogens is 623 g/mol. The van der Waals surface area contributed by atoms with Gasteiger partial charge in [-0.25, -0.2) is 8.42 Å². The third-order valence-corrected chi connectivity index (χ3v) is 12.1. The number of hydrogen-bond acceptors (Lipinski definition) is 6. The van der Waals surface area contributed by atoms with Crippen LogP contribution in [0.25, 0.3) is 11.1 Å². The van der Waals surface area contributed by atoms with Crippen LogP contribution in [0.2, 0.25) is 0 Å². The van der Waals surface area contributed by atoms with E-state index in [0.29, 0.717) is 62.7 Å². The lowest BCUT2D eigenvalue weighted by atomic mass is 9.64. The van der Waals surface area contributed by atoms with Crippen LogP contribution in [0.15, 0.2) is 84.4 Å². The van der Waals surface area contributed by atoms with Crippen molar-refractivity contribution in [3.05, 3.63) is 107 Å². The molecule has 0 aromatic heterocycles. The Morgan fingerprint density at radius 2 is 1.73 bits per heavy atom. The summed E-state index contributed by atoms with van der Waals surface area (Å²) in [6.07, 6.45) is 7.48. The number of aliphatic hydroxyl groups excluding tert-OH is 1. The number of ether oxygens (including phenoxy) is 1. The SMILES string of the molecule is COCCCN(C[C@]1(O)CC[C@H]2c3ccc(cc3C(=O)c3ccccc3-c3ccccc3)C[C@@H](O)CCC(C)=CCC[C@@]21C)S(C)(=O)=O. The summed E-state index contributed by atoms with van der Waals surface area (Å²) in [5.74, 6) is -0.305. The van der Waals surface area contributed by atoms with Gasteiger partial charge in [-0.3, -0.25) is 4.79 Å². The van der Waals surface area contributed by atoms with Gasteiger partial charge in [-0.1, -0.05) is 85.3 Å². The highest BCUT2D eigenvalue weighted by molar-refractivity contribution is 7.88. The first-order valence-electron chi connectivity index (χ1n) is 17.2. The topological polar surface area (TPSA) is 104 Å². The van der Waals surface area contributed by atoms with Crippen molar-refractivity contribution < 1.29 is 28.2 Å². The lowest BCUT2D eigenvalue weighted by molar-refractivity contribution is -0.0726. The Bertz CT molecular complexity index is 1720. The zero-order chi connectivity index (χ0) is 34.5. The molecule has 0 saturated heterocycles. The predicted octanol–water partition coefficient (Wildman–Crippen LogP) is 6.92. The largest absolute Gasteiger partial charge is 0.393 e. The number of carbonyl (C=O) groups is 1. The second-order valence-electron chi connectivity index (χ2n) is 14.1. The maximum absolute atomic E-state index is 14.8. The molecule has 7 nitrogen and oxygen atoms in total. The number of fused-ring (bicyclic) bond motifs is 8. The number of carbonyl (C=O) groups excluding carboxylic acids is 1. The molecule has 0 aliphatic heterocycles. The third-order valence-electron chi connectivity index (χ3n) is 10.8. The molecule has 0 heterocycles. The van der Waals surface area contributed by atoms with E-state index >= 15 is 0 Å². The van der Waals surface area contributed by atoms with E-state index in [9.17, 15) is 23.4 Å². The van der Waals surface area contributed by atoms with E-state index in [-0.39, 0.29) is 24.8 Å². The molecule has 2 N–H and O–H groups in total. The molecule has 0 amide bonds. The van der Waals surface area contributed by atoms with Crippen molar-refractivity contribution in [3.63, 3.8) is 0 Å². The van der Waals surface area contributed by atoms with Crippen molar-refractivity contribution in [3.8, 4) is 11.1 Å². The molecule has 0 unspecified atom stereocenters. The van der Waals surface area contributed by atoms with Gasteiger partial charge in [-0.15, -0.1) is 0 Å². The average molecular weight is 674 g/mol. The molecule has 4 atom stereocenters. The van der Waals surface area contributed by atoms with Gasteiger partial charge < -0.3 is 14.9 Å². The summed E-state index contributed by atoms with van der Waals surface area (Å²) in [6, 6.07) is 23.5. The number of benzene rings is 3. The summed E-state index contributed by atoms with van der Waals surface area (Å²) in [6.45, 7) is 4.82. The number of nitrogens with zero attached hydrogens (tertiary/aromatic N) is 1. The van der Waals surface area contributed by atoms with E-state index in [0.717, 1.165) is 28.7 Å². The van der Waals surface area contributed by atoms with Crippen LogP contribution in [0.1, 0.15) is 91.8 Å². The van der Waals surface area contributed by atoms with Crippen LogP contribution in [0.3, 0.4) is 0 Å². The quantitative estimate of drug-likeness (QED) is 0.138. The normalized spacial score (nSPS) is 25.0. The van der Waals surface area contributed by atoms with Gasteiger partial charge in [0, 0.05) is 43.3 Å². The second kappa shape index (κ2) is 15.2. The van der Waals surface area contributed by atoms with Crippen LogP contribution >= 0.6 is 0 Å². The van der Waals surface area contributed by atoms with E-state index in [2.05, 4.69) is 19.9 Å². The number of allylic oxidation sites excluding steroid dienone is 2. The molecule has 3 aromatic carbocycles. The highest BCUT2D eigenvalue weighted by atomic mass is 32.2. The molecule has 1 saturated carbocycles. The van der Waals surface area contributed by atoms with Crippen LogP contribution in [-0.4, -0.2) is 73.5 Å². The molecule has 48 heavy (non-hydrogen) atoms. The van der Waals surface area contributed by atoms with Gasteiger partial charge >= 0.3 is 0 Å². The maximum atomic E-state index is 14.8. The summed E-state index contributed by atoms with van der Waals surface area (Å²) in [5.41, 5.74) is 3.84. The van der Waals surface area contributed by atoms with Gasteiger partial charge in [-0.2, -0.15) is 4.31 Å². The van der Waals surface area contributed by atoms with Crippen LogP contribution in [0.4, 0.5) is 0 Å². The lowest BCUT2D eigenvalue weighted by Gasteiger charge is -2.45. The highest BCUT2D eigenvalue weighted by Gasteiger charge is 2.57. The fourth-order valence-electron chi connectivity index (χ4n) is 7.93. The number of hydrogen-bond donors (Lipinski definition) is 2. The lowest BCUT2D eigenvalue weighted by Crippen LogP contribution is -2.53. The molecule has 0 spiro atoms. The zero-order valence-corrected chi connectivity index (χ0v) is 29.6. The standard InChI is InChI=1S/C40H51NO6S/c1-29-12-10-22-39(2)37(21-23-40(39,44)28-41(48(4,45)46)24-11-25-47-3)34-20-18-30(26-32(42)19-17-29)27-36(34)38(43)35-16-9-8-15-33(35)31-13-6-5-7-14-31/h5-9,12-16,18,20,27,32,37,42,44H,10-11,17,19,21-26,28H2,1-4H3/t32-,37-,39-,40+/m0/s1. The number of rotatable bonds is 10. The Labute approximate surface area is 286 Å². The van der Waals surface area contributed by atoms with Crippen molar-refractivity contribution in [1.82, 2.24) is 4.31 Å². The predicted molar refractivity (Wildman–Crippen MR) is 192 cm³/mol. The minimum atomic E-state index is -3.61. The van der Waals surface area contributed by atoms with Gasteiger partial charge in [0.15, 0.2) is 5.78 Å². The summed E-state index contributed by atoms with van der Waals surface area (Å²) in [5, 5.41) is 23.6. The molecule has 258 valence electrons.